The van der Waals surface area contributed by atoms with E-state index in [1.54, 1.807) is 6.07 Å². The van der Waals surface area contributed by atoms with Crippen LogP contribution in [0.5, 0.6) is 5.75 Å². The van der Waals surface area contributed by atoms with Crippen molar-refractivity contribution in [2.75, 3.05) is 0 Å². The summed E-state index contributed by atoms with van der Waals surface area (Å²) < 4.78 is 0.987. The number of halogens is 1. The Morgan fingerprint density at radius 1 is 1.36 bits per heavy atom. The van der Waals surface area contributed by atoms with Gasteiger partial charge in [0.15, 0.2) is 0 Å². The third-order valence-corrected chi connectivity index (χ3v) is 3.24. The van der Waals surface area contributed by atoms with Crippen molar-refractivity contribution in [3.05, 3.63) is 27.7 Å². The highest BCUT2D eigenvalue weighted by Gasteiger charge is 2.15. The summed E-state index contributed by atoms with van der Waals surface area (Å²) in [4.78, 5) is 0. The van der Waals surface area contributed by atoms with Gasteiger partial charge in [-0.1, -0.05) is 29.8 Å². The highest BCUT2D eigenvalue weighted by atomic mass is 79.9. The molecule has 1 rings (SSSR count). The average molecular weight is 258 g/mol. The molecule has 0 saturated heterocycles. The maximum Gasteiger partial charge on any atom is 0.120 e. The zero-order valence-corrected chi connectivity index (χ0v) is 10.3. The molecule has 0 bridgehead atoms. The van der Waals surface area contributed by atoms with Gasteiger partial charge in [-0.25, -0.2) is 0 Å². The molecule has 1 aromatic rings. The Morgan fingerprint density at radius 2 is 1.93 bits per heavy atom. The van der Waals surface area contributed by atoms with Gasteiger partial charge < -0.3 is 10.8 Å². The summed E-state index contributed by atoms with van der Waals surface area (Å²) >= 11 is 3.43. The highest BCUT2D eigenvalue weighted by Crippen LogP contribution is 2.32. The molecule has 1 atom stereocenters. The second kappa shape index (κ2) is 4.32. The minimum absolute atomic E-state index is 0.119. The van der Waals surface area contributed by atoms with Gasteiger partial charge in [0, 0.05) is 16.1 Å². The van der Waals surface area contributed by atoms with Gasteiger partial charge in [-0.05, 0) is 30.5 Å². The van der Waals surface area contributed by atoms with Crippen LogP contribution in [0, 0.1) is 12.8 Å². The zero-order chi connectivity index (χ0) is 10.9. The van der Waals surface area contributed by atoms with E-state index in [1.165, 1.54) is 0 Å². The van der Waals surface area contributed by atoms with Crippen molar-refractivity contribution in [3.8, 4) is 5.75 Å². The van der Waals surface area contributed by atoms with Gasteiger partial charge in [-0.3, -0.25) is 0 Å². The Kier molecular flexibility index (Phi) is 3.56. The van der Waals surface area contributed by atoms with Crippen LogP contribution in [0.15, 0.2) is 16.6 Å². The van der Waals surface area contributed by atoms with Crippen LogP contribution < -0.4 is 5.73 Å². The van der Waals surface area contributed by atoms with Crippen LogP contribution >= 0.6 is 15.9 Å². The van der Waals surface area contributed by atoms with Crippen LogP contribution in [0.1, 0.15) is 31.0 Å². The number of benzene rings is 1. The van der Waals surface area contributed by atoms with Gasteiger partial charge in [0.1, 0.15) is 5.75 Å². The van der Waals surface area contributed by atoms with Crippen LogP contribution in [0.25, 0.3) is 0 Å². The number of nitrogens with two attached hydrogens (primary N) is 1. The average Bonchev–Trinajstić information content (AvgIpc) is 2.10. The lowest BCUT2D eigenvalue weighted by Crippen LogP contribution is -2.16. The number of rotatable bonds is 2. The maximum absolute atomic E-state index is 9.73. The predicted molar refractivity (Wildman–Crippen MR) is 62.3 cm³/mol. The van der Waals surface area contributed by atoms with Gasteiger partial charge in [-0.2, -0.15) is 0 Å². The van der Waals surface area contributed by atoms with Gasteiger partial charge in [0.2, 0.25) is 0 Å². The molecule has 0 heterocycles. The third-order valence-electron chi connectivity index (χ3n) is 2.39. The van der Waals surface area contributed by atoms with Crippen molar-refractivity contribution in [3.63, 3.8) is 0 Å². The number of aromatic hydroxyl groups is 1. The molecular formula is C11H16BrNO. The molecule has 78 valence electrons. The normalized spacial score (nSPS) is 13.3. The Labute approximate surface area is 93.3 Å². The summed E-state index contributed by atoms with van der Waals surface area (Å²) in [5.74, 6) is 0.599. The molecule has 14 heavy (non-hydrogen) atoms. The standard InChI is InChI=1S/C11H16BrNO/c1-6(2)11(13)8-5-9(12)7(3)4-10(8)14/h4-6,11,14H,13H2,1-3H3/t11-/m1/s1. The monoisotopic (exact) mass is 257 g/mol. The summed E-state index contributed by atoms with van der Waals surface area (Å²) in [5.41, 5.74) is 7.80. The summed E-state index contributed by atoms with van der Waals surface area (Å²) in [5, 5.41) is 9.73. The van der Waals surface area contributed by atoms with E-state index in [0.29, 0.717) is 5.92 Å². The second-order valence-electron chi connectivity index (χ2n) is 3.93. The Hall–Kier alpha value is -0.540. The third kappa shape index (κ3) is 2.28. The Bertz CT molecular complexity index is 336. The van der Waals surface area contributed by atoms with E-state index in [4.69, 9.17) is 5.73 Å². The first kappa shape index (κ1) is 11.5. The molecule has 1 aromatic carbocycles. The lowest BCUT2D eigenvalue weighted by atomic mass is 9.95. The molecule has 3 heteroatoms. The highest BCUT2D eigenvalue weighted by molar-refractivity contribution is 9.10. The van der Waals surface area contributed by atoms with Crippen molar-refractivity contribution >= 4 is 15.9 Å². The van der Waals surface area contributed by atoms with Crippen LogP contribution in [0.3, 0.4) is 0 Å². The molecule has 0 aliphatic rings. The van der Waals surface area contributed by atoms with E-state index >= 15 is 0 Å². The quantitative estimate of drug-likeness (QED) is 0.856. The minimum Gasteiger partial charge on any atom is -0.508 e. The fourth-order valence-electron chi connectivity index (χ4n) is 1.31. The first-order valence-electron chi connectivity index (χ1n) is 4.68. The molecule has 0 fully saturated rings. The largest absolute Gasteiger partial charge is 0.508 e. The number of hydrogen-bond acceptors (Lipinski definition) is 2. The van der Waals surface area contributed by atoms with Crippen LogP contribution in [0.2, 0.25) is 0 Å². The first-order valence-corrected chi connectivity index (χ1v) is 5.47. The van der Waals surface area contributed by atoms with Gasteiger partial charge >= 0.3 is 0 Å². The number of phenols is 1. The van der Waals surface area contributed by atoms with Crippen LogP contribution in [-0.4, -0.2) is 5.11 Å². The van der Waals surface area contributed by atoms with Gasteiger partial charge in [-0.15, -0.1) is 0 Å². The Balaban J connectivity index is 3.15. The molecule has 0 spiro atoms. The topological polar surface area (TPSA) is 46.2 Å². The van der Waals surface area contributed by atoms with Gasteiger partial charge in [0.25, 0.3) is 0 Å². The van der Waals surface area contributed by atoms with E-state index in [1.807, 2.05) is 26.8 Å². The molecular weight excluding hydrogens is 242 g/mol. The second-order valence-corrected chi connectivity index (χ2v) is 4.78. The van der Waals surface area contributed by atoms with Crippen LogP contribution in [-0.2, 0) is 0 Å². The molecule has 0 amide bonds. The summed E-state index contributed by atoms with van der Waals surface area (Å²) in [7, 11) is 0. The lowest BCUT2D eigenvalue weighted by molar-refractivity contribution is 0.439. The number of aryl methyl sites for hydroxylation is 1. The van der Waals surface area contributed by atoms with Crippen molar-refractivity contribution in [2.24, 2.45) is 11.7 Å². The van der Waals surface area contributed by atoms with E-state index in [2.05, 4.69) is 15.9 Å². The lowest BCUT2D eigenvalue weighted by Gasteiger charge is -2.18. The SMILES string of the molecule is Cc1cc(O)c([C@H](N)C(C)C)cc1Br. The smallest absolute Gasteiger partial charge is 0.120 e. The van der Waals surface area contributed by atoms with E-state index in [9.17, 15) is 5.11 Å². The van der Waals surface area contributed by atoms with E-state index < -0.39 is 0 Å². The van der Waals surface area contributed by atoms with E-state index in [0.717, 1.165) is 15.6 Å². The zero-order valence-electron chi connectivity index (χ0n) is 8.71. The van der Waals surface area contributed by atoms with Crippen LogP contribution in [0.4, 0.5) is 0 Å². The predicted octanol–water partition coefficient (Wildman–Crippen LogP) is 3.12. The van der Waals surface area contributed by atoms with Crippen molar-refractivity contribution in [1.29, 1.82) is 0 Å². The molecule has 0 aliphatic heterocycles. The van der Waals surface area contributed by atoms with Gasteiger partial charge in [0.05, 0.1) is 0 Å². The fraction of sp³-hybridized carbons (Fsp3) is 0.455. The molecule has 0 radical (unpaired) electrons. The molecule has 0 saturated carbocycles. The molecule has 0 aliphatic carbocycles. The summed E-state index contributed by atoms with van der Waals surface area (Å²) in [6.45, 7) is 6.02. The Morgan fingerprint density at radius 3 is 2.43 bits per heavy atom. The molecule has 0 unspecified atom stereocenters. The maximum atomic E-state index is 9.73. The first-order chi connectivity index (χ1) is 6.43. The summed E-state index contributed by atoms with van der Waals surface area (Å²) in [6.07, 6.45) is 0. The number of hydrogen-bond donors (Lipinski definition) is 2. The van der Waals surface area contributed by atoms with E-state index in [-0.39, 0.29) is 11.8 Å². The van der Waals surface area contributed by atoms with Crippen molar-refractivity contribution < 1.29 is 5.11 Å². The van der Waals surface area contributed by atoms with Crippen molar-refractivity contribution in [2.45, 2.75) is 26.8 Å². The summed E-state index contributed by atoms with van der Waals surface area (Å²) in [6, 6.07) is 3.52. The number of phenolic OH excluding ortho intramolecular Hbond substituents is 1. The van der Waals surface area contributed by atoms with Crippen molar-refractivity contribution in [1.82, 2.24) is 0 Å². The molecule has 0 aromatic heterocycles. The molecule has 3 N–H and O–H groups in total. The fourth-order valence-corrected chi connectivity index (χ4v) is 1.67. The molecule has 2 nitrogen and oxygen atoms in total. The minimum atomic E-state index is -0.119.